The maximum absolute atomic E-state index is 13.1. The van der Waals surface area contributed by atoms with Crippen LogP contribution in [0.1, 0.15) is 22.3 Å². The molecule has 2 bridgehead atoms. The van der Waals surface area contributed by atoms with E-state index in [1.165, 1.54) is 29.2 Å². The number of amides is 3. The summed E-state index contributed by atoms with van der Waals surface area (Å²) in [6, 6.07) is 9.29. The van der Waals surface area contributed by atoms with E-state index in [1.807, 2.05) is 0 Å². The summed E-state index contributed by atoms with van der Waals surface area (Å²) in [6.45, 7) is 1.31. The van der Waals surface area contributed by atoms with Crippen LogP contribution in [0.25, 0.3) is 0 Å². The quantitative estimate of drug-likeness (QED) is 0.285. The zero-order valence-corrected chi connectivity index (χ0v) is 22.7. The lowest BCUT2D eigenvalue weighted by Gasteiger charge is -2.28. The molecule has 2 saturated carbocycles. The largest absolute Gasteiger partial charge is 0.452 e. The van der Waals surface area contributed by atoms with Crippen LogP contribution in [-0.4, -0.2) is 41.1 Å². The van der Waals surface area contributed by atoms with Crippen LogP contribution in [0.3, 0.4) is 0 Å². The van der Waals surface area contributed by atoms with Crippen molar-refractivity contribution in [1.82, 2.24) is 0 Å². The number of alkyl halides is 2. The molecule has 1 N–H and O–H groups in total. The summed E-state index contributed by atoms with van der Waals surface area (Å²) in [7, 11) is 0. The number of fused-ring (bicyclic) bond motifs is 5. The molecule has 2 aliphatic carbocycles. The van der Waals surface area contributed by atoms with Gasteiger partial charge in [-0.2, -0.15) is 0 Å². The van der Waals surface area contributed by atoms with Gasteiger partial charge in [0.1, 0.15) is 0 Å². The summed E-state index contributed by atoms with van der Waals surface area (Å²) in [5.74, 6) is -2.91. The number of nitrogens with zero attached hydrogens (tertiary/aromatic N) is 1. The van der Waals surface area contributed by atoms with Crippen LogP contribution in [-0.2, 0) is 19.1 Å². The minimum atomic E-state index is -0.716. The van der Waals surface area contributed by atoms with Crippen LogP contribution in [0.2, 0.25) is 5.02 Å². The molecule has 188 valence electrons. The molecule has 36 heavy (non-hydrogen) atoms. The topological polar surface area (TPSA) is 92.8 Å². The number of nitrogens with one attached hydrogen (secondary N) is 1. The van der Waals surface area contributed by atoms with E-state index in [2.05, 4.69) is 21.2 Å². The molecule has 3 fully saturated rings. The third kappa shape index (κ3) is 4.22. The second-order valence-electron chi connectivity index (χ2n) is 9.27. The molecule has 1 saturated heterocycles. The molecule has 2 aromatic rings. The Morgan fingerprint density at radius 1 is 1.06 bits per heavy atom. The summed E-state index contributed by atoms with van der Waals surface area (Å²) in [4.78, 5) is 52.1. The van der Waals surface area contributed by atoms with Crippen molar-refractivity contribution in [2.45, 2.75) is 24.1 Å². The van der Waals surface area contributed by atoms with Crippen molar-refractivity contribution >= 4 is 85.8 Å². The minimum absolute atomic E-state index is 0.108. The standard InChI is InChI=1S/C25H20BrCl3N2O5/c1-10-6-15(26)16(27)8-17(10)30-18(32)9-36-25(35)11-2-4-12(5-3-11)31-23(33)19-13-7-14(20(19)24(31)34)22(29)21(13)28/h2-6,8,13-14,19-22H,7,9H2,1H3,(H,30,32)/t13-,14-,19-,20-,21-,22+/m1/s1. The van der Waals surface area contributed by atoms with E-state index in [9.17, 15) is 19.2 Å². The monoisotopic (exact) mass is 612 g/mol. The molecule has 3 amide bonds. The third-order valence-corrected chi connectivity index (χ3v) is 9.74. The van der Waals surface area contributed by atoms with Gasteiger partial charge in [0.2, 0.25) is 11.8 Å². The first kappa shape index (κ1) is 25.5. The maximum Gasteiger partial charge on any atom is 0.338 e. The van der Waals surface area contributed by atoms with Crippen molar-refractivity contribution < 1.29 is 23.9 Å². The number of benzene rings is 2. The van der Waals surface area contributed by atoms with Crippen LogP contribution >= 0.6 is 50.7 Å². The zero-order chi connectivity index (χ0) is 25.9. The van der Waals surface area contributed by atoms with Crippen LogP contribution < -0.4 is 10.2 Å². The summed E-state index contributed by atoms with van der Waals surface area (Å²) in [5, 5.41) is 2.44. The number of carbonyl (C=O) groups excluding carboxylic acids is 4. The molecule has 1 aliphatic heterocycles. The highest BCUT2D eigenvalue weighted by molar-refractivity contribution is 9.10. The number of anilines is 2. The van der Waals surface area contributed by atoms with E-state index in [0.717, 1.165) is 5.56 Å². The Kier molecular flexibility index (Phi) is 6.83. The lowest BCUT2D eigenvalue weighted by atomic mass is 9.80. The Labute approximate surface area is 230 Å². The van der Waals surface area contributed by atoms with Gasteiger partial charge in [-0.15, -0.1) is 23.2 Å². The summed E-state index contributed by atoms with van der Waals surface area (Å²) >= 11 is 22.2. The first-order valence-corrected chi connectivity index (χ1v) is 13.3. The normalized spacial score (nSPS) is 28.4. The molecule has 0 radical (unpaired) electrons. The van der Waals surface area contributed by atoms with Gasteiger partial charge in [0.05, 0.1) is 38.9 Å². The van der Waals surface area contributed by atoms with Crippen molar-refractivity contribution in [3.8, 4) is 0 Å². The molecular formula is C25H20BrCl3N2O5. The second kappa shape index (κ2) is 9.63. The molecule has 7 nitrogen and oxygen atoms in total. The fourth-order valence-electron chi connectivity index (χ4n) is 5.53. The van der Waals surface area contributed by atoms with Crippen molar-refractivity contribution in [2.75, 3.05) is 16.8 Å². The Morgan fingerprint density at radius 3 is 2.22 bits per heavy atom. The number of imide groups is 1. The minimum Gasteiger partial charge on any atom is -0.452 e. The Hall–Kier alpha value is -2.13. The van der Waals surface area contributed by atoms with Gasteiger partial charge >= 0.3 is 5.97 Å². The second-order valence-corrected chi connectivity index (χ2v) is 11.5. The van der Waals surface area contributed by atoms with Crippen LogP contribution in [0.5, 0.6) is 0 Å². The predicted octanol–water partition coefficient (Wildman–Crippen LogP) is 5.18. The first-order valence-electron chi connectivity index (χ1n) is 11.3. The Morgan fingerprint density at radius 2 is 1.64 bits per heavy atom. The van der Waals surface area contributed by atoms with E-state index in [-0.39, 0.29) is 40.0 Å². The van der Waals surface area contributed by atoms with Crippen LogP contribution in [0.15, 0.2) is 40.9 Å². The van der Waals surface area contributed by atoms with Gasteiger partial charge in [-0.3, -0.25) is 19.3 Å². The Bertz CT molecular complexity index is 1260. The fourth-order valence-corrected chi connectivity index (χ4v) is 7.05. The number of hydrogen-bond acceptors (Lipinski definition) is 5. The van der Waals surface area contributed by atoms with Gasteiger partial charge < -0.3 is 10.1 Å². The predicted molar refractivity (Wildman–Crippen MR) is 140 cm³/mol. The highest BCUT2D eigenvalue weighted by Crippen LogP contribution is 2.59. The lowest BCUT2D eigenvalue weighted by molar-refractivity contribution is -0.123. The van der Waals surface area contributed by atoms with Gasteiger partial charge in [0.25, 0.3) is 5.91 Å². The van der Waals surface area contributed by atoms with Crippen molar-refractivity contribution in [3.05, 3.63) is 57.0 Å². The van der Waals surface area contributed by atoms with E-state index in [0.29, 0.717) is 27.3 Å². The van der Waals surface area contributed by atoms with E-state index in [1.54, 1.807) is 19.1 Å². The summed E-state index contributed by atoms with van der Waals surface area (Å²) < 4.78 is 5.82. The van der Waals surface area contributed by atoms with Crippen molar-refractivity contribution in [2.24, 2.45) is 23.7 Å². The highest BCUT2D eigenvalue weighted by Gasteiger charge is 2.66. The zero-order valence-electron chi connectivity index (χ0n) is 18.8. The summed E-state index contributed by atoms with van der Waals surface area (Å²) in [6.07, 6.45) is 0.690. The number of aryl methyl sites for hydroxylation is 1. The lowest BCUT2D eigenvalue weighted by Crippen LogP contribution is -2.37. The molecule has 1 heterocycles. The fraction of sp³-hybridized carbons (Fsp3) is 0.360. The molecule has 0 spiro atoms. The molecule has 0 unspecified atom stereocenters. The van der Waals surface area contributed by atoms with Gasteiger partial charge in [-0.25, -0.2) is 4.79 Å². The van der Waals surface area contributed by atoms with Crippen molar-refractivity contribution in [1.29, 1.82) is 0 Å². The smallest absolute Gasteiger partial charge is 0.338 e. The molecular weight excluding hydrogens is 595 g/mol. The molecule has 2 aromatic carbocycles. The number of ether oxygens (including phenoxy) is 1. The van der Waals surface area contributed by atoms with E-state index in [4.69, 9.17) is 39.5 Å². The van der Waals surface area contributed by atoms with E-state index >= 15 is 0 Å². The van der Waals surface area contributed by atoms with Crippen molar-refractivity contribution in [3.63, 3.8) is 0 Å². The third-order valence-electron chi connectivity index (χ3n) is 7.22. The highest BCUT2D eigenvalue weighted by atomic mass is 79.9. The maximum atomic E-state index is 13.1. The molecule has 11 heteroatoms. The van der Waals surface area contributed by atoms with E-state index < -0.39 is 30.3 Å². The molecule has 6 atom stereocenters. The van der Waals surface area contributed by atoms with Gasteiger partial charge in [-0.1, -0.05) is 11.6 Å². The summed E-state index contributed by atoms with van der Waals surface area (Å²) in [5.41, 5.74) is 1.84. The Balaban J connectivity index is 1.21. The number of carbonyl (C=O) groups is 4. The number of hydrogen-bond donors (Lipinski definition) is 1. The molecule has 0 aromatic heterocycles. The SMILES string of the molecule is Cc1cc(Br)c(Cl)cc1NC(=O)COC(=O)c1ccc(N2C(=O)[C@@H]3[C@H]4C[C@@H]([C@@H](Cl)[C@H]4Cl)[C@H]3C2=O)cc1. The van der Waals surface area contributed by atoms with Crippen LogP contribution in [0, 0.1) is 30.6 Å². The van der Waals surface area contributed by atoms with Gasteiger partial charge in [0, 0.05) is 10.2 Å². The van der Waals surface area contributed by atoms with Crippen LogP contribution in [0.4, 0.5) is 11.4 Å². The molecule has 5 rings (SSSR count). The molecule has 3 aliphatic rings. The van der Waals surface area contributed by atoms with Gasteiger partial charge in [0.15, 0.2) is 6.61 Å². The number of esters is 1. The number of halogens is 4. The number of rotatable bonds is 5. The first-order chi connectivity index (χ1) is 17.1. The average Bonchev–Trinajstić information content (AvgIpc) is 3.46. The van der Waals surface area contributed by atoms with Gasteiger partial charge in [-0.05, 0) is 83.1 Å². The average molecular weight is 615 g/mol.